The second kappa shape index (κ2) is 4.74. The maximum Gasteiger partial charge on any atom is 0.165 e. The van der Waals surface area contributed by atoms with Crippen LogP contribution in [0.15, 0.2) is 12.1 Å². The van der Waals surface area contributed by atoms with Crippen LogP contribution in [0.5, 0.6) is 5.75 Å². The number of rotatable bonds is 4. The molecule has 0 saturated carbocycles. The van der Waals surface area contributed by atoms with Gasteiger partial charge < -0.3 is 4.74 Å². The molecule has 0 N–H and O–H groups in total. The molecule has 0 amide bonds. The number of hydrogen-bond acceptors (Lipinski definition) is 2. The van der Waals surface area contributed by atoms with E-state index in [0.717, 1.165) is 18.4 Å². The summed E-state index contributed by atoms with van der Waals surface area (Å²) in [7, 11) is 1.41. The Balaban J connectivity index is 3.17. The molecule has 0 aromatic heterocycles. The van der Waals surface area contributed by atoms with Crippen molar-refractivity contribution in [2.24, 2.45) is 0 Å². The zero-order valence-corrected chi connectivity index (χ0v) is 8.34. The number of hydrogen-bond donors (Lipinski definition) is 0. The highest BCUT2D eigenvalue weighted by Crippen LogP contribution is 2.22. The second-order valence-corrected chi connectivity index (χ2v) is 3.05. The average molecular weight is 196 g/mol. The lowest BCUT2D eigenvalue weighted by atomic mass is 10.0. The van der Waals surface area contributed by atoms with Gasteiger partial charge >= 0.3 is 0 Å². The number of aldehydes is 1. The third kappa shape index (κ3) is 2.10. The van der Waals surface area contributed by atoms with Gasteiger partial charge in [-0.3, -0.25) is 4.79 Å². The van der Waals surface area contributed by atoms with Crippen LogP contribution in [-0.4, -0.2) is 13.4 Å². The van der Waals surface area contributed by atoms with E-state index in [1.54, 1.807) is 6.07 Å². The van der Waals surface area contributed by atoms with E-state index in [-0.39, 0.29) is 5.75 Å². The first-order valence-corrected chi connectivity index (χ1v) is 4.54. The van der Waals surface area contributed by atoms with Crippen molar-refractivity contribution in [2.75, 3.05) is 7.11 Å². The highest BCUT2D eigenvalue weighted by atomic mass is 19.1. The van der Waals surface area contributed by atoms with E-state index in [1.807, 2.05) is 6.92 Å². The third-order valence-corrected chi connectivity index (χ3v) is 2.06. The number of aryl methyl sites for hydroxylation is 1. The standard InChI is InChI=1S/C11H13FO2/c1-3-4-8-6-11(14-2)10(12)5-9(8)7-13/h5-7H,3-4H2,1-2H3. The number of benzene rings is 1. The molecule has 0 aliphatic carbocycles. The van der Waals surface area contributed by atoms with Gasteiger partial charge in [0.15, 0.2) is 11.6 Å². The molecule has 14 heavy (non-hydrogen) atoms. The molecule has 2 nitrogen and oxygen atoms in total. The molecular weight excluding hydrogens is 183 g/mol. The molecule has 0 radical (unpaired) electrons. The summed E-state index contributed by atoms with van der Waals surface area (Å²) in [5.74, 6) is -0.298. The molecule has 0 aliphatic rings. The number of carbonyl (C=O) groups excluding carboxylic acids is 1. The molecule has 0 unspecified atom stereocenters. The van der Waals surface area contributed by atoms with Gasteiger partial charge in [0.25, 0.3) is 0 Å². The molecular formula is C11H13FO2. The fourth-order valence-corrected chi connectivity index (χ4v) is 1.36. The van der Waals surface area contributed by atoms with Gasteiger partial charge in [-0.2, -0.15) is 0 Å². The maximum absolute atomic E-state index is 13.2. The summed E-state index contributed by atoms with van der Waals surface area (Å²) in [5.41, 5.74) is 1.24. The van der Waals surface area contributed by atoms with Crippen LogP contribution in [-0.2, 0) is 6.42 Å². The van der Waals surface area contributed by atoms with Crippen molar-refractivity contribution in [1.82, 2.24) is 0 Å². The van der Waals surface area contributed by atoms with Gasteiger partial charge in [-0.1, -0.05) is 13.3 Å². The molecule has 3 heteroatoms. The molecule has 1 rings (SSSR count). The van der Waals surface area contributed by atoms with Crippen molar-refractivity contribution in [2.45, 2.75) is 19.8 Å². The van der Waals surface area contributed by atoms with Crippen molar-refractivity contribution in [1.29, 1.82) is 0 Å². The summed E-state index contributed by atoms with van der Waals surface area (Å²) < 4.78 is 18.0. The van der Waals surface area contributed by atoms with Crippen LogP contribution in [0.1, 0.15) is 29.3 Å². The Bertz CT molecular complexity index is 334. The maximum atomic E-state index is 13.2. The Kier molecular flexibility index (Phi) is 3.63. The van der Waals surface area contributed by atoms with Gasteiger partial charge in [-0.05, 0) is 24.1 Å². The van der Waals surface area contributed by atoms with E-state index in [2.05, 4.69) is 0 Å². The summed E-state index contributed by atoms with van der Waals surface area (Å²) in [4.78, 5) is 10.6. The molecule has 1 aromatic rings. The third-order valence-electron chi connectivity index (χ3n) is 2.06. The highest BCUT2D eigenvalue weighted by molar-refractivity contribution is 5.77. The molecule has 0 saturated heterocycles. The molecule has 0 spiro atoms. The van der Waals surface area contributed by atoms with Gasteiger partial charge in [-0.25, -0.2) is 4.39 Å². The summed E-state index contributed by atoms with van der Waals surface area (Å²) >= 11 is 0. The average Bonchev–Trinajstić information content (AvgIpc) is 2.20. The Morgan fingerprint density at radius 2 is 2.21 bits per heavy atom. The summed E-state index contributed by atoms with van der Waals surface area (Å²) in [6.45, 7) is 2.00. The minimum Gasteiger partial charge on any atom is -0.494 e. The second-order valence-electron chi connectivity index (χ2n) is 3.05. The van der Waals surface area contributed by atoms with E-state index in [0.29, 0.717) is 11.8 Å². The zero-order valence-electron chi connectivity index (χ0n) is 8.34. The molecule has 0 aliphatic heterocycles. The minimum absolute atomic E-state index is 0.194. The van der Waals surface area contributed by atoms with E-state index >= 15 is 0 Å². The van der Waals surface area contributed by atoms with Gasteiger partial charge in [0.1, 0.15) is 6.29 Å². The van der Waals surface area contributed by atoms with Crippen molar-refractivity contribution < 1.29 is 13.9 Å². The molecule has 0 heterocycles. The largest absolute Gasteiger partial charge is 0.494 e. The van der Waals surface area contributed by atoms with Crippen molar-refractivity contribution in [3.05, 3.63) is 29.1 Å². The minimum atomic E-state index is -0.491. The predicted octanol–water partition coefficient (Wildman–Crippen LogP) is 2.60. The number of halogens is 1. The number of methoxy groups -OCH3 is 1. The van der Waals surface area contributed by atoms with Gasteiger partial charge in [0.05, 0.1) is 7.11 Å². The monoisotopic (exact) mass is 196 g/mol. The summed E-state index contributed by atoms with van der Waals surface area (Å²) in [6.07, 6.45) is 2.34. The topological polar surface area (TPSA) is 26.3 Å². The normalized spacial score (nSPS) is 9.93. The lowest BCUT2D eigenvalue weighted by molar-refractivity contribution is 0.112. The lowest BCUT2D eigenvalue weighted by Gasteiger charge is -2.07. The van der Waals surface area contributed by atoms with Crippen LogP contribution in [0.25, 0.3) is 0 Å². The van der Waals surface area contributed by atoms with Crippen molar-refractivity contribution in [3.8, 4) is 5.75 Å². The fourth-order valence-electron chi connectivity index (χ4n) is 1.36. The molecule has 76 valence electrons. The Morgan fingerprint density at radius 3 is 2.71 bits per heavy atom. The number of ether oxygens (including phenoxy) is 1. The smallest absolute Gasteiger partial charge is 0.165 e. The van der Waals surface area contributed by atoms with E-state index in [9.17, 15) is 9.18 Å². The quantitative estimate of drug-likeness (QED) is 0.692. The van der Waals surface area contributed by atoms with Crippen molar-refractivity contribution in [3.63, 3.8) is 0 Å². The first-order chi connectivity index (χ1) is 6.72. The van der Waals surface area contributed by atoms with E-state index < -0.39 is 5.82 Å². The predicted molar refractivity (Wildman–Crippen MR) is 52.3 cm³/mol. The molecule has 1 aromatic carbocycles. The van der Waals surface area contributed by atoms with Gasteiger partial charge in [-0.15, -0.1) is 0 Å². The van der Waals surface area contributed by atoms with Crippen LogP contribution < -0.4 is 4.74 Å². The molecule has 0 bridgehead atoms. The van der Waals surface area contributed by atoms with Crippen LogP contribution >= 0.6 is 0 Å². The van der Waals surface area contributed by atoms with Crippen LogP contribution in [0.2, 0.25) is 0 Å². The van der Waals surface area contributed by atoms with Crippen molar-refractivity contribution >= 4 is 6.29 Å². The molecule has 0 fully saturated rings. The van der Waals surface area contributed by atoms with Crippen LogP contribution in [0.4, 0.5) is 4.39 Å². The fraction of sp³-hybridized carbons (Fsp3) is 0.364. The first-order valence-electron chi connectivity index (χ1n) is 4.54. The highest BCUT2D eigenvalue weighted by Gasteiger charge is 2.08. The van der Waals surface area contributed by atoms with Gasteiger partial charge in [0.2, 0.25) is 0 Å². The Morgan fingerprint density at radius 1 is 1.50 bits per heavy atom. The Labute approximate surface area is 82.7 Å². The van der Waals surface area contributed by atoms with Crippen LogP contribution in [0.3, 0.4) is 0 Å². The SMILES string of the molecule is CCCc1cc(OC)c(F)cc1C=O. The number of carbonyl (C=O) groups is 1. The van der Waals surface area contributed by atoms with Gasteiger partial charge in [0, 0.05) is 5.56 Å². The molecule has 0 atom stereocenters. The van der Waals surface area contributed by atoms with E-state index in [1.165, 1.54) is 13.2 Å². The van der Waals surface area contributed by atoms with Crippen LogP contribution in [0, 0.1) is 5.82 Å². The van der Waals surface area contributed by atoms with E-state index in [4.69, 9.17) is 4.74 Å². The summed E-state index contributed by atoms with van der Waals surface area (Å²) in [6, 6.07) is 2.80. The lowest BCUT2D eigenvalue weighted by Crippen LogP contribution is -1.97. The summed E-state index contributed by atoms with van der Waals surface area (Å²) in [5, 5.41) is 0. The first kappa shape index (κ1) is 10.7. The Hall–Kier alpha value is -1.38. The zero-order chi connectivity index (χ0) is 10.6.